The van der Waals surface area contributed by atoms with E-state index in [0.717, 1.165) is 34.4 Å². The second-order valence-electron chi connectivity index (χ2n) is 10.3. The van der Waals surface area contributed by atoms with E-state index in [1.807, 2.05) is 24.6 Å². The molecule has 0 aliphatic carbocycles. The molecular weight excluding hydrogens is 467 g/mol. The number of fused-ring (bicyclic) bond motifs is 1. The van der Waals surface area contributed by atoms with E-state index in [2.05, 4.69) is 37.7 Å². The Labute approximate surface area is 216 Å². The molecule has 0 radical (unpaired) electrons. The highest BCUT2D eigenvalue weighted by Gasteiger charge is 2.36. The molecule has 0 spiro atoms. The molecule has 5 nitrogen and oxygen atoms in total. The maximum atomic E-state index is 13.8. The van der Waals surface area contributed by atoms with Gasteiger partial charge in [-0.1, -0.05) is 45.9 Å². The number of aromatic nitrogens is 1. The predicted octanol–water partition coefficient (Wildman–Crippen LogP) is 6.29. The average Bonchev–Trinajstić information content (AvgIpc) is 3.38. The van der Waals surface area contributed by atoms with Crippen LogP contribution in [-0.4, -0.2) is 28.8 Å². The molecule has 3 heterocycles. The van der Waals surface area contributed by atoms with Crippen molar-refractivity contribution in [2.75, 3.05) is 13.6 Å². The quantitative estimate of drug-likeness (QED) is 0.236. The zero-order valence-corrected chi connectivity index (χ0v) is 21.8. The summed E-state index contributed by atoms with van der Waals surface area (Å²) in [7, 11) is 2.00. The summed E-state index contributed by atoms with van der Waals surface area (Å²) in [6.45, 7) is 9.05. The van der Waals surface area contributed by atoms with Gasteiger partial charge in [-0.15, -0.1) is 6.42 Å². The fourth-order valence-electron chi connectivity index (χ4n) is 4.91. The maximum absolute atomic E-state index is 13.8. The van der Waals surface area contributed by atoms with Crippen molar-refractivity contribution in [3.05, 3.63) is 99.6 Å². The molecular formula is C31H31FN2O3. The molecule has 4 rings (SSSR count). The lowest BCUT2D eigenvalue weighted by Gasteiger charge is -2.44. The third-order valence-electron chi connectivity index (χ3n) is 6.74. The van der Waals surface area contributed by atoms with Crippen LogP contribution in [0.4, 0.5) is 4.39 Å². The van der Waals surface area contributed by atoms with E-state index in [9.17, 15) is 14.0 Å². The first-order chi connectivity index (χ1) is 17.6. The van der Waals surface area contributed by atoms with Gasteiger partial charge in [0.25, 0.3) is 0 Å². The summed E-state index contributed by atoms with van der Waals surface area (Å²) in [5.74, 6) is 1.13. The maximum Gasteiger partial charge on any atom is 0.241 e. The SMILES string of the molecule is C#CC(=O)c1cn2c(cc1=O)/C(=C(/C(=C/CC)c1ccc(F)cc1)c1ccoc1)N(C)C[C@H]2C(C)(C)C. The van der Waals surface area contributed by atoms with Gasteiger partial charge in [0.1, 0.15) is 5.82 Å². The molecule has 0 saturated carbocycles. The number of hydrogen-bond donors (Lipinski definition) is 0. The van der Waals surface area contributed by atoms with Crippen LogP contribution in [0.1, 0.15) is 67.3 Å². The highest BCUT2D eigenvalue weighted by Crippen LogP contribution is 2.45. The summed E-state index contributed by atoms with van der Waals surface area (Å²) in [4.78, 5) is 27.7. The van der Waals surface area contributed by atoms with Crippen molar-refractivity contribution in [3.8, 4) is 12.3 Å². The molecule has 190 valence electrons. The van der Waals surface area contributed by atoms with E-state index < -0.39 is 11.2 Å². The minimum absolute atomic E-state index is 0.0166. The first-order valence-electron chi connectivity index (χ1n) is 12.3. The van der Waals surface area contributed by atoms with Gasteiger partial charge in [-0.2, -0.15) is 0 Å². The van der Waals surface area contributed by atoms with Gasteiger partial charge in [-0.25, -0.2) is 4.39 Å². The van der Waals surface area contributed by atoms with Gasteiger partial charge >= 0.3 is 0 Å². The van der Waals surface area contributed by atoms with Crippen molar-refractivity contribution in [3.63, 3.8) is 0 Å². The monoisotopic (exact) mass is 498 g/mol. The molecule has 1 aromatic carbocycles. The van der Waals surface area contributed by atoms with Gasteiger partial charge < -0.3 is 13.9 Å². The lowest BCUT2D eigenvalue weighted by atomic mass is 9.82. The number of Topliss-reactive ketones (excluding diaryl/α,β-unsaturated/α-hetero) is 1. The molecule has 0 amide bonds. The molecule has 0 bridgehead atoms. The van der Waals surface area contributed by atoms with Crippen molar-refractivity contribution >= 4 is 22.6 Å². The van der Waals surface area contributed by atoms with Gasteiger partial charge in [-0.3, -0.25) is 9.59 Å². The molecule has 1 atom stereocenters. The number of halogens is 1. The zero-order chi connectivity index (χ0) is 26.9. The van der Waals surface area contributed by atoms with Gasteiger partial charge in [0, 0.05) is 37.0 Å². The number of likely N-dealkylation sites (N-methyl/N-ethyl adjacent to an activating group) is 1. The number of carbonyl (C=O) groups excluding carboxylic acids is 1. The second kappa shape index (κ2) is 10.1. The highest BCUT2D eigenvalue weighted by molar-refractivity contribution is 6.14. The number of nitrogens with zero attached hydrogens (tertiary/aromatic N) is 2. The molecule has 0 fully saturated rings. The van der Waals surface area contributed by atoms with Gasteiger partial charge in [0.05, 0.1) is 35.5 Å². The topological polar surface area (TPSA) is 55.5 Å². The summed E-state index contributed by atoms with van der Waals surface area (Å²) in [5.41, 5.74) is 4.25. The Morgan fingerprint density at radius 3 is 2.49 bits per heavy atom. The molecule has 1 aliphatic rings. The Hall–Kier alpha value is -4.11. The summed E-state index contributed by atoms with van der Waals surface area (Å²) >= 11 is 0. The normalized spacial score (nSPS) is 17.3. The Morgan fingerprint density at radius 1 is 1.22 bits per heavy atom. The Balaban J connectivity index is 2.13. The number of ketones is 1. The van der Waals surface area contributed by atoms with Crippen LogP contribution in [0.3, 0.4) is 0 Å². The lowest BCUT2D eigenvalue weighted by molar-refractivity contribution is 0.105. The standard InChI is InChI=1S/C31H31FN2O3/c1-7-9-23(20-10-12-22(32)13-11-20)29(21-14-15-37-19-21)30-25-16-27(36)24(26(35)8-2)17-34(25)28(18-33(30)6)31(3,4)5/h2,9-17,19,28H,7,18H2,1,3-6H3/b23-9+,30-29-/t28-/m0/s1. The average molecular weight is 499 g/mol. The van der Waals surface area contributed by atoms with E-state index in [1.54, 1.807) is 30.9 Å². The minimum atomic E-state index is -0.634. The number of allylic oxidation sites excluding steroid dienone is 3. The van der Waals surface area contributed by atoms with E-state index in [-0.39, 0.29) is 22.8 Å². The van der Waals surface area contributed by atoms with Crippen molar-refractivity contribution in [1.82, 2.24) is 9.47 Å². The van der Waals surface area contributed by atoms with Gasteiger partial charge in [-0.05, 0) is 47.1 Å². The largest absolute Gasteiger partial charge is 0.472 e. The second-order valence-corrected chi connectivity index (χ2v) is 10.3. The molecule has 2 aromatic heterocycles. The van der Waals surface area contributed by atoms with Crippen LogP contribution in [0.15, 0.2) is 70.4 Å². The van der Waals surface area contributed by atoms with Crippen molar-refractivity contribution < 1.29 is 13.6 Å². The molecule has 6 heteroatoms. The van der Waals surface area contributed by atoms with Crippen molar-refractivity contribution in [2.24, 2.45) is 5.41 Å². The zero-order valence-electron chi connectivity index (χ0n) is 21.8. The minimum Gasteiger partial charge on any atom is -0.472 e. The van der Waals surface area contributed by atoms with Crippen LogP contribution in [0.5, 0.6) is 0 Å². The van der Waals surface area contributed by atoms with E-state index in [1.165, 1.54) is 18.2 Å². The summed E-state index contributed by atoms with van der Waals surface area (Å²) in [5, 5.41) is 0. The predicted molar refractivity (Wildman–Crippen MR) is 145 cm³/mol. The lowest BCUT2D eigenvalue weighted by Crippen LogP contribution is -2.42. The first-order valence-corrected chi connectivity index (χ1v) is 12.3. The molecule has 0 saturated heterocycles. The van der Waals surface area contributed by atoms with Crippen LogP contribution < -0.4 is 5.43 Å². The van der Waals surface area contributed by atoms with Crippen LogP contribution in [0, 0.1) is 23.6 Å². The number of benzene rings is 1. The number of pyridine rings is 1. The van der Waals surface area contributed by atoms with Gasteiger partial charge in [0.2, 0.25) is 5.78 Å². The number of furan rings is 1. The summed E-state index contributed by atoms with van der Waals surface area (Å²) in [6, 6.07) is 9.70. The number of carbonyl (C=O) groups is 1. The Bertz CT molecular complexity index is 1480. The summed E-state index contributed by atoms with van der Waals surface area (Å²) in [6.07, 6.45) is 13.1. The van der Waals surface area contributed by atoms with Crippen LogP contribution in [0.25, 0.3) is 16.8 Å². The summed E-state index contributed by atoms with van der Waals surface area (Å²) < 4.78 is 21.3. The first kappa shape index (κ1) is 26.0. The molecule has 1 aliphatic heterocycles. The van der Waals surface area contributed by atoms with Crippen LogP contribution >= 0.6 is 0 Å². The number of rotatable bonds is 5. The fraction of sp³-hybridized carbons (Fsp3) is 0.290. The van der Waals surface area contributed by atoms with E-state index in [4.69, 9.17) is 10.8 Å². The third-order valence-corrected chi connectivity index (χ3v) is 6.74. The van der Waals surface area contributed by atoms with E-state index in [0.29, 0.717) is 12.2 Å². The van der Waals surface area contributed by atoms with Crippen molar-refractivity contribution in [2.45, 2.75) is 40.2 Å². The Morgan fingerprint density at radius 2 is 1.92 bits per heavy atom. The molecule has 37 heavy (non-hydrogen) atoms. The molecule has 0 N–H and O–H groups in total. The Kier molecular flexibility index (Phi) is 7.09. The smallest absolute Gasteiger partial charge is 0.241 e. The molecule has 0 unspecified atom stereocenters. The van der Waals surface area contributed by atoms with E-state index >= 15 is 0 Å². The molecule has 3 aromatic rings. The number of hydrogen-bond acceptors (Lipinski definition) is 4. The van der Waals surface area contributed by atoms with Crippen molar-refractivity contribution in [1.29, 1.82) is 0 Å². The highest BCUT2D eigenvalue weighted by atomic mass is 19.1. The van der Waals surface area contributed by atoms with Gasteiger partial charge in [0.15, 0.2) is 5.43 Å². The third kappa shape index (κ3) is 4.95. The fourth-order valence-corrected chi connectivity index (χ4v) is 4.91. The van der Waals surface area contributed by atoms with Crippen LogP contribution in [-0.2, 0) is 0 Å². The number of terminal acetylenes is 1. The van der Waals surface area contributed by atoms with Crippen LogP contribution in [0.2, 0.25) is 0 Å².